The summed E-state index contributed by atoms with van der Waals surface area (Å²) in [6.45, 7) is 5.05. The van der Waals surface area contributed by atoms with Crippen LogP contribution in [0.15, 0.2) is 58.4 Å². The number of nitrogens with zero attached hydrogens (tertiary/aromatic N) is 2. The lowest BCUT2D eigenvalue weighted by molar-refractivity contribution is -0.137. The molecule has 0 bridgehead atoms. The summed E-state index contributed by atoms with van der Waals surface area (Å²) in [6.07, 6.45) is -4.57. The standard InChI is InChI=1S/C26H22F3N3O4S2/c1-13-7-9-16(10-8-13)32-21(34)18-19(22(32)35)37-23-20(25(18,2)3)38-24(36)31(23)12-17(33)30-15-6-4-5-14(11-15)26(27,28)29/h4-11,18-19H,12H2,1-3H3,(H,30,33). The van der Waals surface area contributed by atoms with Crippen LogP contribution in [-0.2, 0) is 32.5 Å². The molecule has 2 unspecified atom stereocenters. The van der Waals surface area contributed by atoms with E-state index in [1.807, 2.05) is 19.1 Å². The Labute approximate surface area is 223 Å². The van der Waals surface area contributed by atoms with E-state index in [0.29, 0.717) is 15.6 Å². The van der Waals surface area contributed by atoms with E-state index in [-0.39, 0.29) is 11.6 Å². The Kier molecular flexibility index (Phi) is 6.30. The summed E-state index contributed by atoms with van der Waals surface area (Å²) in [5.74, 6) is -2.14. The molecule has 2 aliphatic rings. The number of thiazole rings is 1. The number of nitrogens with one attached hydrogen (secondary N) is 1. The van der Waals surface area contributed by atoms with Gasteiger partial charge in [0.25, 0.3) is 0 Å². The molecule has 3 heterocycles. The van der Waals surface area contributed by atoms with Crippen molar-refractivity contribution in [2.45, 2.75) is 49.2 Å². The third-order valence-corrected chi connectivity index (χ3v) is 9.59. The van der Waals surface area contributed by atoms with Gasteiger partial charge in [0.1, 0.15) is 11.8 Å². The molecule has 5 rings (SSSR count). The molecule has 2 atom stereocenters. The molecule has 198 valence electrons. The highest BCUT2D eigenvalue weighted by atomic mass is 32.2. The van der Waals surface area contributed by atoms with E-state index in [2.05, 4.69) is 5.32 Å². The molecule has 3 amide bonds. The van der Waals surface area contributed by atoms with Gasteiger partial charge in [-0.15, -0.1) is 0 Å². The Morgan fingerprint density at radius 1 is 1.05 bits per heavy atom. The molecule has 12 heteroatoms. The average molecular weight is 562 g/mol. The third kappa shape index (κ3) is 4.35. The van der Waals surface area contributed by atoms with Crippen molar-refractivity contribution in [1.29, 1.82) is 0 Å². The molecule has 1 fully saturated rings. The molecule has 2 aliphatic heterocycles. The highest BCUT2D eigenvalue weighted by Crippen LogP contribution is 2.54. The molecule has 0 saturated carbocycles. The number of carbonyl (C=O) groups excluding carboxylic acids is 3. The molecule has 7 nitrogen and oxygen atoms in total. The largest absolute Gasteiger partial charge is 0.416 e. The van der Waals surface area contributed by atoms with Crippen LogP contribution < -0.4 is 15.1 Å². The number of aryl methyl sites for hydroxylation is 1. The van der Waals surface area contributed by atoms with Gasteiger partial charge in [0.15, 0.2) is 0 Å². The summed E-state index contributed by atoms with van der Waals surface area (Å²) in [5, 5.41) is 2.03. The number of fused-ring (bicyclic) bond motifs is 2. The Bertz CT molecular complexity index is 1530. The predicted octanol–water partition coefficient (Wildman–Crippen LogP) is 4.82. The highest BCUT2D eigenvalue weighted by molar-refractivity contribution is 8.00. The van der Waals surface area contributed by atoms with Gasteiger partial charge < -0.3 is 5.32 Å². The van der Waals surface area contributed by atoms with Gasteiger partial charge in [-0.05, 0) is 37.3 Å². The van der Waals surface area contributed by atoms with Crippen molar-refractivity contribution in [3.05, 3.63) is 74.2 Å². The van der Waals surface area contributed by atoms with Crippen LogP contribution >= 0.6 is 23.1 Å². The maximum atomic E-state index is 13.5. The van der Waals surface area contributed by atoms with Crippen molar-refractivity contribution >= 4 is 52.2 Å². The minimum Gasteiger partial charge on any atom is -0.325 e. The maximum Gasteiger partial charge on any atom is 0.416 e. The number of thioether (sulfide) groups is 1. The van der Waals surface area contributed by atoms with E-state index >= 15 is 0 Å². The topological polar surface area (TPSA) is 88.5 Å². The van der Waals surface area contributed by atoms with Crippen molar-refractivity contribution in [2.24, 2.45) is 5.92 Å². The molecule has 0 radical (unpaired) electrons. The highest BCUT2D eigenvalue weighted by Gasteiger charge is 2.59. The van der Waals surface area contributed by atoms with Crippen molar-refractivity contribution < 1.29 is 27.6 Å². The number of hydrogen-bond donors (Lipinski definition) is 1. The molecule has 1 N–H and O–H groups in total. The quantitative estimate of drug-likeness (QED) is 0.462. The molecular formula is C26H22F3N3O4S2. The summed E-state index contributed by atoms with van der Waals surface area (Å²) in [6, 6.07) is 11.3. The third-order valence-electron chi connectivity index (χ3n) is 6.77. The number of carbonyl (C=O) groups is 3. The Hall–Kier alpha value is -3.38. The molecule has 3 aromatic rings. The fourth-order valence-electron chi connectivity index (χ4n) is 4.83. The molecule has 0 aliphatic carbocycles. The first kappa shape index (κ1) is 26.2. The van der Waals surface area contributed by atoms with Gasteiger partial charge in [0.2, 0.25) is 17.7 Å². The number of amides is 3. The van der Waals surface area contributed by atoms with Crippen LogP contribution in [0.5, 0.6) is 0 Å². The summed E-state index contributed by atoms with van der Waals surface area (Å²) in [5.41, 5.74) is -0.386. The lowest BCUT2D eigenvalue weighted by atomic mass is 9.76. The van der Waals surface area contributed by atoms with E-state index in [0.717, 1.165) is 40.8 Å². The lowest BCUT2D eigenvalue weighted by Gasteiger charge is -2.36. The monoisotopic (exact) mass is 561 g/mol. The number of anilines is 2. The zero-order valence-corrected chi connectivity index (χ0v) is 22.1. The number of aromatic nitrogens is 1. The van der Waals surface area contributed by atoms with Gasteiger partial charge in [-0.25, -0.2) is 4.90 Å². The van der Waals surface area contributed by atoms with Crippen LogP contribution in [0.4, 0.5) is 24.5 Å². The number of alkyl halides is 3. The zero-order valence-electron chi connectivity index (χ0n) is 20.5. The fraction of sp³-hybridized carbons (Fsp3) is 0.308. The van der Waals surface area contributed by atoms with E-state index in [4.69, 9.17) is 0 Å². The van der Waals surface area contributed by atoms with Crippen LogP contribution in [0, 0.1) is 12.8 Å². The van der Waals surface area contributed by atoms with Crippen LogP contribution in [-0.4, -0.2) is 27.5 Å². The van der Waals surface area contributed by atoms with Crippen molar-refractivity contribution in [3.63, 3.8) is 0 Å². The second kappa shape index (κ2) is 9.12. The van der Waals surface area contributed by atoms with E-state index < -0.39 is 51.6 Å². The number of halogens is 3. The molecule has 38 heavy (non-hydrogen) atoms. The first-order chi connectivity index (χ1) is 17.8. The summed E-state index contributed by atoms with van der Waals surface area (Å²) < 4.78 is 40.3. The minimum atomic E-state index is -4.57. The number of hydrogen-bond acceptors (Lipinski definition) is 6. The van der Waals surface area contributed by atoms with E-state index in [9.17, 15) is 32.3 Å². The van der Waals surface area contributed by atoms with E-state index in [1.54, 1.807) is 26.0 Å². The molecule has 0 spiro atoms. The normalized spacial score (nSPS) is 20.3. The Morgan fingerprint density at radius 3 is 2.39 bits per heavy atom. The molecule has 2 aromatic carbocycles. The lowest BCUT2D eigenvalue weighted by Crippen LogP contribution is -2.41. The van der Waals surface area contributed by atoms with E-state index in [1.165, 1.54) is 21.6 Å². The van der Waals surface area contributed by atoms with Crippen LogP contribution in [0.25, 0.3) is 0 Å². The van der Waals surface area contributed by atoms with Crippen molar-refractivity contribution in [1.82, 2.24) is 4.57 Å². The number of benzene rings is 2. The van der Waals surface area contributed by atoms with Crippen molar-refractivity contribution in [2.75, 3.05) is 10.2 Å². The average Bonchev–Trinajstić information content (AvgIpc) is 3.28. The Morgan fingerprint density at radius 2 is 1.74 bits per heavy atom. The smallest absolute Gasteiger partial charge is 0.325 e. The second-order valence-corrected chi connectivity index (χ2v) is 11.9. The van der Waals surface area contributed by atoms with Gasteiger partial charge in [-0.1, -0.05) is 60.7 Å². The first-order valence-electron chi connectivity index (χ1n) is 11.6. The van der Waals surface area contributed by atoms with Crippen LogP contribution in [0.1, 0.15) is 29.9 Å². The van der Waals surface area contributed by atoms with Gasteiger partial charge in [-0.2, -0.15) is 13.2 Å². The fourth-order valence-corrected chi connectivity index (χ4v) is 7.87. The summed E-state index contributed by atoms with van der Waals surface area (Å²) >= 11 is 1.98. The first-order valence-corrected chi connectivity index (χ1v) is 13.3. The molecular weight excluding hydrogens is 539 g/mol. The maximum absolute atomic E-state index is 13.5. The second-order valence-electron chi connectivity index (χ2n) is 9.80. The number of rotatable bonds is 4. The summed E-state index contributed by atoms with van der Waals surface area (Å²) in [4.78, 5) is 54.0. The van der Waals surface area contributed by atoms with Crippen molar-refractivity contribution in [3.8, 4) is 0 Å². The van der Waals surface area contributed by atoms with Gasteiger partial charge in [-0.3, -0.25) is 23.7 Å². The van der Waals surface area contributed by atoms with Gasteiger partial charge >= 0.3 is 11.0 Å². The Balaban J connectivity index is 1.44. The minimum absolute atomic E-state index is 0.0553. The van der Waals surface area contributed by atoms with Gasteiger partial charge in [0.05, 0.1) is 22.2 Å². The molecule has 1 aromatic heterocycles. The van der Waals surface area contributed by atoms with Crippen LogP contribution in [0.3, 0.4) is 0 Å². The number of imide groups is 1. The summed E-state index contributed by atoms with van der Waals surface area (Å²) in [7, 11) is 0. The zero-order chi connectivity index (χ0) is 27.6. The SMILES string of the molecule is Cc1ccc(N2C(=O)C3Sc4c(sc(=O)n4CC(=O)Nc4cccc(C(F)(F)F)c4)C(C)(C)C3C2=O)cc1. The predicted molar refractivity (Wildman–Crippen MR) is 138 cm³/mol. The van der Waals surface area contributed by atoms with Crippen LogP contribution in [0.2, 0.25) is 0 Å². The van der Waals surface area contributed by atoms with Gasteiger partial charge in [0, 0.05) is 16.0 Å². The molecule has 1 saturated heterocycles.